The molecular formula is C33H44F2N5O3+. The summed E-state index contributed by atoms with van der Waals surface area (Å²) in [5.41, 5.74) is 1.63. The number of ether oxygens (including phenoxy) is 1. The third-order valence-corrected chi connectivity index (χ3v) is 9.19. The molecule has 0 radical (unpaired) electrons. The highest BCUT2D eigenvalue weighted by molar-refractivity contribution is 5.72. The van der Waals surface area contributed by atoms with Crippen molar-refractivity contribution in [1.29, 1.82) is 0 Å². The zero-order chi connectivity index (χ0) is 31.2. The smallest absolute Gasteiger partial charge is 0.313 e. The number of alkyl halides is 2. The van der Waals surface area contributed by atoms with E-state index in [-0.39, 0.29) is 29.2 Å². The van der Waals surface area contributed by atoms with E-state index in [1.165, 1.54) is 18.3 Å². The molecule has 0 saturated heterocycles. The average Bonchev–Trinajstić information content (AvgIpc) is 3.02. The minimum atomic E-state index is -2.59. The summed E-state index contributed by atoms with van der Waals surface area (Å²) in [5.74, 6) is 0.457. The van der Waals surface area contributed by atoms with Gasteiger partial charge in [-0.15, -0.1) is 0 Å². The van der Waals surface area contributed by atoms with Crippen LogP contribution in [0.1, 0.15) is 76.6 Å². The molecule has 0 amide bonds. The molecule has 0 bridgehead atoms. The molecule has 1 aliphatic carbocycles. The molecule has 4 rings (SSSR count). The van der Waals surface area contributed by atoms with E-state index in [1.54, 1.807) is 13.1 Å². The zero-order valence-corrected chi connectivity index (χ0v) is 25.8. The minimum absolute atomic E-state index is 0.0314. The molecule has 2 N–H and O–H groups in total. The number of aryl methyl sites for hydroxylation is 1. The molecule has 3 heterocycles. The van der Waals surface area contributed by atoms with Crippen molar-refractivity contribution in [3.63, 3.8) is 0 Å². The maximum atomic E-state index is 13.1. The number of nitrogens with one attached hydrogen (secondary N) is 1. The molecule has 1 fully saturated rings. The van der Waals surface area contributed by atoms with Crippen LogP contribution in [0.2, 0.25) is 0 Å². The Morgan fingerprint density at radius 3 is 2.35 bits per heavy atom. The highest BCUT2D eigenvalue weighted by Crippen LogP contribution is 2.41. The van der Waals surface area contributed by atoms with Gasteiger partial charge in [-0.05, 0) is 108 Å². The summed E-state index contributed by atoms with van der Waals surface area (Å²) in [6, 6.07) is 10.0. The Hall–Kier alpha value is -3.50. The minimum Gasteiger partial charge on any atom is -0.415 e. The molecule has 0 aromatic carbocycles. The summed E-state index contributed by atoms with van der Waals surface area (Å²) in [6.07, 6.45) is 3.22. The van der Waals surface area contributed by atoms with Crippen molar-refractivity contribution in [3.8, 4) is 11.3 Å². The number of halogens is 2. The highest BCUT2D eigenvalue weighted by atomic mass is 19.3. The van der Waals surface area contributed by atoms with Crippen molar-refractivity contribution in [3.05, 3.63) is 65.6 Å². The van der Waals surface area contributed by atoms with Crippen molar-refractivity contribution < 1.29 is 27.9 Å². The second kappa shape index (κ2) is 13.9. The number of anilines is 2. The Morgan fingerprint density at radius 2 is 1.74 bits per heavy atom. The molecule has 0 unspecified atom stereocenters. The van der Waals surface area contributed by atoms with Gasteiger partial charge in [-0.3, -0.25) is 14.3 Å². The number of aromatic nitrogens is 3. The van der Waals surface area contributed by atoms with Crippen molar-refractivity contribution in [2.75, 3.05) is 31.7 Å². The van der Waals surface area contributed by atoms with Gasteiger partial charge >= 0.3 is 5.97 Å². The first kappa shape index (κ1) is 32.4. The van der Waals surface area contributed by atoms with E-state index in [1.807, 2.05) is 31.2 Å². The number of esters is 1. The Morgan fingerprint density at radius 1 is 1.05 bits per heavy atom. The summed E-state index contributed by atoms with van der Waals surface area (Å²) in [7, 11) is 0. The molecule has 8 nitrogen and oxygen atoms in total. The van der Waals surface area contributed by atoms with Gasteiger partial charge in [0.05, 0.1) is 36.9 Å². The molecule has 10 heteroatoms. The molecule has 1 saturated carbocycles. The normalized spacial score (nSPS) is 18.7. The molecule has 232 valence electrons. The summed E-state index contributed by atoms with van der Waals surface area (Å²) in [5, 5.41) is 14.6. The Kier molecular flexibility index (Phi) is 10.4. The Bertz CT molecular complexity index is 1360. The van der Waals surface area contributed by atoms with Crippen LogP contribution in [0.4, 0.5) is 20.4 Å². The molecule has 1 aliphatic rings. The lowest BCUT2D eigenvalue weighted by atomic mass is 9.73. The number of carbonyl (C=O) groups excluding carboxylic acids is 1. The predicted octanol–water partition coefficient (Wildman–Crippen LogP) is 6.92. The lowest BCUT2D eigenvalue weighted by Crippen LogP contribution is -2.50. The lowest BCUT2D eigenvalue weighted by molar-refractivity contribution is -0.939. The monoisotopic (exact) mass is 596 g/mol. The van der Waals surface area contributed by atoms with Crippen molar-refractivity contribution in [1.82, 2.24) is 15.0 Å². The number of hydrogen-bond donors (Lipinski definition) is 2. The molecule has 0 aliphatic heterocycles. The topological polar surface area (TPSA) is 97.2 Å². The predicted molar refractivity (Wildman–Crippen MR) is 163 cm³/mol. The second-order valence-electron chi connectivity index (χ2n) is 11.8. The van der Waals surface area contributed by atoms with Crippen LogP contribution in [-0.2, 0) is 15.1 Å². The van der Waals surface area contributed by atoms with Crippen LogP contribution in [0.15, 0.2) is 48.8 Å². The first-order valence-corrected chi connectivity index (χ1v) is 15.2. The first-order valence-electron chi connectivity index (χ1n) is 15.2. The van der Waals surface area contributed by atoms with Gasteiger partial charge in [-0.2, -0.15) is 0 Å². The summed E-state index contributed by atoms with van der Waals surface area (Å²) >= 11 is 0. The fraction of sp³-hybridized carbons (Fsp3) is 0.515. The molecular weight excluding hydrogens is 552 g/mol. The second-order valence-corrected chi connectivity index (χ2v) is 11.8. The van der Waals surface area contributed by atoms with E-state index in [0.717, 1.165) is 35.2 Å². The highest BCUT2D eigenvalue weighted by Gasteiger charge is 2.39. The summed E-state index contributed by atoms with van der Waals surface area (Å²) < 4.78 is 32.7. The third kappa shape index (κ3) is 7.72. The van der Waals surface area contributed by atoms with Gasteiger partial charge in [-0.25, -0.2) is 18.7 Å². The van der Waals surface area contributed by atoms with E-state index < -0.39 is 12.0 Å². The van der Waals surface area contributed by atoms with Crippen LogP contribution < -0.4 is 5.32 Å². The number of quaternary nitrogens is 1. The SMILES string of the molecule is CC[N+](CC)(CC)COC(=O)C1CCC([C@@](C)(O)c2ccc(-c3cc(C)cc(Nc4cc(C(F)F)ccn4)n3)cn2)CC1. The van der Waals surface area contributed by atoms with Gasteiger partial charge in [0.15, 0.2) is 0 Å². The fourth-order valence-corrected chi connectivity index (χ4v) is 5.87. The van der Waals surface area contributed by atoms with Gasteiger partial charge in [-0.1, -0.05) is 0 Å². The number of nitrogens with zero attached hydrogens (tertiary/aromatic N) is 4. The maximum absolute atomic E-state index is 13.1. The van der Waals surface area contributed by atoms with Crippen LogP contribution in [0, 0.1) is 18.8 Å². The van der Waals surface area contributed by atoms with Crippen LogP contribution in [0.3, 0.4) is 0 Å². The van der Waals surface area contributed by atoms with E-state index in [9.17, 15) is 18.7 Å². The largest absolute Gasteiger partial charge is 0.415 e. The summed E-state index contributed by atoms with van der Waals surface area (Å²) in [4.78, 5) is 26.2. The van der Waals surface area contributed by atoms with Crippen molar-refractivity contribution in [2.45, 2.75) is 72.3 Å². The molecule has 0 spiro atoms. The molecule has 43 heavy (non-hydrogen) atoms. The van der Waals surface area contributed by atoms with Gasteiger partial charge in [0, 0.05) is 23.5 Å². The molecule has 1 atom stereocenters. The van der Waals surface area contributed by atoms with Gasteiger partial charge in [0.25, 0.3) is 6.43 Å². The first-order chi connectivity index (χ1) is 20.5. The third-order valence-electron chi connectivity index (χ3n) is 9.19. The number of carbonyl (C=O) groups is 1. The van der Waals surface area contributed by atoms with Crippen LogP contribution in [0.25, 0.3) is 11.3 Å². The summed E-state index contributed by atoms with van der Waals surface area (Å²) in [6.45, 7) is 13.3. The van der Waals surface area contributed by atoms with Crippen LogP contribution in [-0.4, -0.2) is 56.9 Å². The zero-order valence-electron chi connectivity index (χ0n) is 25.8. The fourth-order valence-electron chi connectivity index (χ4n) is 5.87. The van der Waals surface area contributed by atoms with E-state index in [4.69, 9.17) is 4.74 Å². The quantitative estimate of drug-likeness (QED) is 0.133. The van der Waals surface area contributed by atoms with E-state index in [2.05, 4.69) is 41.0 Å². The van der Waals surface area contributed by atoms with Crippen molar-refractivity contribution >= 4 is 17.6 Å². The van der Waals surface area contributed by atoms with Crippen LogP contribution in [0.5, 0.6) is 0 Å². The number of aliphatic hydroxyl groups is 1. The van der Waals surface area contributed by atoms with Gasteiger partial charge < -0.3 is 15.2 Å². The van der Waals surface area contributed by atoms with Crippen molar-refractivity contribution in [2.24, 2.45) is 11.8 Å². The molecule has 3 aromatic heterocycles. The van der Waals surface area contributed by atoms with Crippen LogP contribution >= 0.6 is 0 Å². The standard InChI is InChI=1S/C33H44F2N5O3/c1-6-40(7-2,8-3)21-43-32(41)23-9-12-26(13-10-23)33(5,42)28-14-11-25(20-37-28)27-17-22(4)18-30(38-27)39-29-19-24(31(34)35)15-16-36-29/h11,14-20,23,26,31,42H,6-10,12-13,21H2,1-5H3,(H,36,38,39)/q+1/t23?,26?,33-/m1/s1. The number of rotatable bonds is 12. The van der Waals surface area contributed by atoms with E-state index >= 15 is 0 Å². The lowest BCUT2D eigenvalue weighted by Gasteiger charge is -2.38. The Balaban J connectivity index is 1.39. The number of hydrogen-bond acceptors (Lipinski definition) is 7. The number of pyridine rings is 3. The van der Waals surface area contributed by atoms with E-state index in [0.29, 0.717) is 49.6 Å². The van der Waals surface area contributed by atoms with Gasteiger partial charge in [0.2, 0.25) is 6.73 Å². The van der Waals surface area contributed by atoms with Gasteiger partial charge in [0.1, 0.15) is 17.2 Å². The Labute approximate surface area is 253 Å². The molecule has 3 aromatic rings. The average molecular weight is 597 g/mol. The maximum Gasteiger partial charge on any atom is 0.313 e.